The predicted molar refractivity (Wildman–Crippen MR) is 198 cm³/mol. The second-order valence-corrected chi connectivity index (χ2v) is 16.0. The Morgan fingerprint density at radius 2 is 1.94 bits per heavy atom. The van der Waals surface area contributed by atoms with Gasteiger partial charge in [-0.05, 0) is 117 Å². The van der Waals surface area contributed by atoms with Crippen molar-refractivity contribution >= 4 is 23.3 Å². The fraction of sp³-hybridized carbons (Fsp3) is 0.585. The molecule has 0 unspecified atom stereocenters. The van der Waals surface area contributed by atoms with Crippen molar-refractivity contribution in [1.82, 2.24) is 9.80 Å². The van der Waals surface area contributed by atoms with Crippen molar-refractivity contribution in [2.24, 2.45) is 11.8 Å². The van der Waals surface area contributed by atoms with Gasteiger partial charge in [0.25, 0.3) is 0 Å². The molecule has 5 aliphatic rings. The van der Waals surface area contributed by atoms with E-state index in [0.29, 0.717) is 36.2 Å². The molecule has 0 amide bonds. The molecule has 1 spiro atoms. The first-order chi connectivity index (χ1) is 24.1. The normalized spacial score (nSPS) is 31.2. The maximum Gasteiger partial charge on any atom is 0.340 e. The highest BCUT2D eigenvalue weighted by atomic mass is 35.5. The fourth-order valence-corrected chi connectivity index (χ4v) is 9.31. The van der Waals surface area contributed by atoms with Gasteiger partial charge in [-0.2, -0.15) is 0 Å². The predicted octanol–water partition coefficient (Wildman–Crippen LogP) is 6.78. The molecule has 5 atom stereocenters. The van der Waals surface area contributed by atoms with Crippen LogP contribution in [0.1, 0.15) is 74.5 Å². The van der Waals surface area contributed by atoms with Gasteiger partial charge in [0.1, 0.15) is 5.75 Å². The van der Waals surface area contributed by atoms with Crippen molar-refractivity contribution in [2.45, 2.75) is 81.3 Å². The van der Waals surface area contributed by atoms with Gasteiger partial charge in [0, 0.05) is 55.8 Å². The first-order valence-corrected chi connectivity index (χ1v) is 19.2. The summed E-state index contributed by atoms with van der Waals surface area (Å²) in [5.74, 6) is 0.218. The van der Waals surface area contributed by atoms with Crippen LogP contribution in [0.3, 0.4) is 0 Å². The highest BCUT2D eigenvalue weighted by Gasteiger charge is 2.46. The number of aryl methyl sites for hydroxylation is 1. The van der Waals surface area contributed by atoms with Gasteiger partial charge in [-0.1, -0.05) is 48.9 Å². The number of hydrogen-bond donors (Lipinski definition) is 2. The number of carboxylic acids is 1. The van der Waals surface area contributed by atoms with Crippen molar-refractivity contribution in [3.63, 3.8) is 0 Å². The zero-order valence-corrected chi connectivity index (χ0v) is 30.4. The molecule has 2 N–H and O–H groups in total. The summed E-state index contributed by atoms with van der Waals surface area (Å²) < 4.78 is 13.5. The zero-order valence-electron chi connectivity index (χ0n) is 29.6. The number of piperidine rings is 1. The Labute approximate surface area is 302 Å². The van der Waals surface area contributed by atoms with E-state index in [1.54, 1.807) is 6.07 Å². The Hall–Kier alpha value is -3.04. The molecular formula is C41H54ClN3O5. The van der Waals surface area contributed by atoms with E-state index in [2.05, 4.69) is 40.7 Å². The SMILES string of the molecule is C=C1C[C@](O)(C(=O)O)c2ccc3c(c2)N(C[C@@H]2CC[C@H]2[C@@H](OCCN2CCCCC2)/C=C/CCN1C)C[C@@]1(CCCc2cc(Cl)ccc21)CO3. The summed E-state index contributed by atoms with van der Waals surface area (Å²) in [5, 5.41) is 23.1. The van der Waals surface area contributed by atoms with Crippen molar-refractivity contribution in [1.29, 1.82) is 0 Å². The minimum absolute atomic E-state index is 0.0394. The number of carbonyl (C=O) groups is 1. The molecule has 2 fully saturated rings. The average Bonchev–Trinajstić information content (AvgIpc) is 3.24. The molecule has 3 aliphatic heterocycles. The highest BCUT2D eigenvalue weighted by molar-refractivity contribution is 6.30. The van der Waals surface area contributed by atoms with Crippen molar-refractivity contribution < 1.29 is 24.5 Å². The molecule has 50 heavy (non-hydrogen) atoms. The summed E-state index contributed by atoms with van der Waals surface area (Å²) >= 11 is 6.49. The lowest BCUT2D eigenvalue weighted by Crippen LogP contribution is -2.50. The molecule has 0 aromatic heterocycles. The Balaban J connectivity index is 1.25. The van der Waals surface area contributed by atoms with E-state index in [1.165, 1.54) is 43.5 Å². The number of aliphatic carboxylic acids is 1. The molecule has 270 valence electrons. The summed E-state index contributed by atoms with van der Waals surface area (Å²) in [6.07, 6.45) is 14.3. The molecule has 2 aliphatic carbocycles. The molecule has 2 bridgehead atoms. The average molecular weight is 704 g/mol. The first-order valence-electron chi connectivity index (χ1n) is 18.8. The molecule has 0 radical (unpaired) electrons. The largest absolute Gasteiger partial charge is 0.490 e. The third kappa shape index (κ3) is 7.19. The Morgan fingerprint density at radius 3 is 2.72 bits per heavy atom. The summed E-state index contributed by atoms with van der Waals surface area (Å²) in [6.45, 7) is 11.0. The van der Waals surface area contributed by atoms with E-state index in [9.17, 15) is 15.0 Å². The number of carboxylic acid groups (broad SMARTS) is 1. The smallest absolute Gasteiger partial charge is 0.340 e. The molecule has 1 saturated heterocycles. The monoisotopic (exact) mass is 703 g/mol. The summed E-state index contributed by atoms with van der Waals surface area (Å²) in [4.78, 5) is 19.8. The molecule has 1 saturated carbocycles. The van der Waals surface area contributed by atoms with E-state index >= 15 is 0 Å². The molecule has 3 heterocycles. The quantitative estimate of drug-likeness (QED) is 0.330. The van der Waals surface area contributed by atoms with E-state index in [-0.39, 0.29) is 17.9 Å². The summed E-state index contributed by atoms with van der Waals surface area (Å²) in [6, 6.07) is 11.7. The van der Waals surface area contributed by atoms with E-state index in [1.807, 2.05) is 30.1 Å². The third-order valence-electron chi connectivity index (χ3n) is 12.3. The lowest BCUT2D eigenvalue weighted by Gasteiger charge is -2.46. The van der Waals surface area contributed by atoms with Crippen LogP contribution in [0, 0.1) is 11.8 Å². The molecule has 2 aromatic carbocycles. The number of aliphatic hydroxyl groups is 1. The number of anilines is 1. The van der Waals surface area contributed by atoms with Gasteiger partial charge in [-0.25, -0.2) is 4.79 Å². The van der Waals surface area contributed by atoms with Crippen molar-refractivity contribution in [3.8, 4) is 5.75 Å². The van der Waals surface area contributed by atoms with Gasteiger partial charge in [-0.3, -0.25) is 0 Å². The first kappa shape index (κ1) is 35.4. The number of halogens is 1. The van der Waals surface area contributed by atoms with E-state index < -0.39 is 11.6 Å². The second kappa shape index (κ2) is 14.9. The number of ether oxygens (including phenoxy) is 2. The van der Waals surface area contributed by atoms with E-state index in [4.69, 9.17) is 21.1 Å². The summed E-state index contributed by atoms with van der Waals surface area (Å²) in [5.41, 5.74) is 1.95. The van der Waals surface area contributed by atoms with Crippen LogP contribution < -0.4 is 9.64 Å². The zero-order chi connectivity index (χ0) is 34.9. The maximum atomic E-state index is 12.8. The van der Waals surface area contributed by atoms with Gasteiger partial charge in [-0.15, -0.1) is 0 Å². The van der Waals surface area contributed by atoms with Gasteiger partial charge in [0.05, 0.1) is 25.0 Å². The number of fused-ring (bicyclic) bond motifs is 4. The molecule has 8 nitrogen and oxygen atoms in total. The minimum atomic E-state index is -2.14. The Kier molecular flexibility index (Phi) is 10.5. The van der Waals surface area contributed by atoms with Crippen LogP contribution in [0.2, 0.25) is 5.02 Å². The Bertz CT molecular complexity index is 1590. The molecule has 2 aromatic rings. The van der Waals surface area contributed by atoms with Crippen LogP contribution in [0.5, 0.6) is 5.75 Å². The van der Waals surface area contributed by atoms with Gasteiger partial charge in [0.2, 0.25) is 0 Å². The minimum Gasteiger partial charge on any atom is -0.490 e. The number of benzene rings is 2. The lowest BCUT2D eigenvalue weighted by atomic mass is 9.68. The van der Waals surface area contributed by atoms with Crippen LogP contribution in [0.25, 0.3) is 0 Å². The topological polar surface area (TPSA) is 85.7 Å². The molecule has 9 heteroatoms. The number of nitrogens with zero attached hydrogens (tertiary/aromatic N) is 3. The fourth-order valence-electron chi connectivity index (χ4n) is 9.12. The second-order valence-electron chi connectivity index (χ2n) is 15.6. The summed E-state index contributed by atoms with van der Waals surface area (Å²) in [7, 11) is 1.91. The Morgan fingerprint density at radius 1 is 1.10 bits per heavy atom. The molecule has 7 rings (SSSR count). The van der Waals surface area contributed by atoms with E-state index in [0.717, 1.165) is 81.2 Å². The van der Waals surface area contributed by atoms with Crippen LogP contribution in [0.4, 0.5) is 5.69 Å². The van der Waals surface area contributed by atoms with Gasteiger partial charge in [0.15, 0.2) is 5.60 Å². The van der Waals surface area contributed by atoms with Crippen molar-refractivity contribution in [3.05, 3.63) is 82.5 Å². The van der Waals surface area contributed by atoms with Gasteiger partial charge >= 0.3 is 5.97 Å². The third-order valence-corrected chi connectivity index (χ3v) is 12.6. The maximum absolute atomic E-state index is 12.8. The highest BCUT2D eigenvalue weighted by Crippen LogP contribution is 2.48. The molecular weight excluding hydrogens is 650 g/mol. The number of rotatable bonds is 5. The number of likely N-dealkylation sites (tertiary alicyclic amines) is 1. The van der Waals surface area contributed by atoms with Crippen LogP contribution in [-0.2, 0) is 27.0 Å². The van der Waals surface area contributed by atoms with Gasteiger partial charge < -0.3 is 34.4 Å². The van der Waals surface area contributed by atoms with Crippen LogP contribution in [0.15, 0.2) is 60.8 Å². The lowest BCUT2D eigenvalue weighted by molar-refractivity contribution is -0.160. The van der Waals surface area contributed by atoms with Crippen LogP contribution >= 0.6 is 11.6 Å². The van der Waals surface area contributed by atoms with Crippen LogP contribution in [-0.4, -0.2) is 91.6 Å². The van der Waals surface area contributed by atoms with Crippen molar-refractivity contribution in [2.75, 3.05) is 64.4 Å². The standard InChI is InChI=1S/C41H54ClN3O5/c1-29-25-41(48,39(46)47)32-12-16-38-36(24-32)45(27-40(28-50-38)17-8-9-30-23-33(42)13-15-35(30)40)26-31-11-14-34(31)37(10-4-7-18-43(29)2)49-22-21-44-19-5-3-6-20-44/h4,10,12-13,15-16,23-24,31,34,37,48H,1,3,5-9,11,14,17-22,25-28H2,2H3,(H,46,47)/b10-4+/t31-,34+,37-,40-,41+/m0/s1. The number of hydrogen-bond acceptors (Lipinski definition) is 7.